The Kier molecular flexibility index (Phi) is 3.65. The standard InChI is InChI=1S/C12H10ClF3N2O2S2/c13-8-2-1-6(3-7(8)12(14,15)16)18-9-4-22(19,20)5-10(9)21-11(18)17/h1-3,9-10,17H,4-5H2/t9-,10-/m1/s1. The summed E-state index contributed by atoms with van der Waals surface area (Å²) in [5.41, 5.74) is -0.854. The number of hydrogen-bond donors (Lipinski definition) is 1. The number of nitrogens with one attached hydrogen (secondary N) is 1. The second kappa shape index (κ2) is 5.04. The molecule has 0 aliphatic carbocycles. The predicted molar refractivity (Wildman–Crippen MR) is 80.5 cm³/mol. The molecule has 2 aliphatic heterocycles. The Hall–Kier alpha value is -0.930. The molecular formula is C12H10ClF3N2O2S2. The van der Waals surface area contributed by atoms with E-state index in [-0.39, 0.29) is 27.6 Å². The van der Waals surface area contributed by atoms with Crippen molar-refractivity contribution in [3.63, 3.8) is 0 Å². The molecule has 120 valence electrons. The van der Waals surface area contributed by atoms with Crippen LogP contribution < -0.4 is 4.90 Å². The predicted octanol–water partition coefficient (Wildman–Crippen LogP) is 3.01. The Morgan fingerprint density at radius 3 is 2.64 bits per heavy atom. The van der Waals surface area contributed by atoms with E-state index in [0.717, 1.165) is 23.9 Å². The van der Waals surface area contributed by atoms with Crippen LogP contribution in [0.2, 0.25) is 5.02 Å². The molecule has 1 aromatic rings. The average molecular weight is 371 g/mol. The lowest BCUT2D eigenvalue weighted by molar-refractivity contribution is -0.137. The van der Waals surface area contributed by atoms with Crippen LogP contribution in [0.15, 0.2) is 18.2 Å². The van der Waals surface area contributed by atoms with Gasteiger partial charge in [-0.05, 0) is 18.2 Å². The second-order valence-electron chi connectivity index (χ2n) is 5.14. The summed E-state index contributed by atoms with van der Waals surface area (Å²) in [5.74, 6) is -0.210. The van der Waals surface area contributed by atoms with E-state index in [1.54, 1.807) is 0 Å². The zero-order valence-corrected chi connectivity index (χ0v) is 13.3. The minimum Gasteiger partial charge on any atom is -0.316 e. The van der Waals surface area contributed by atoms with Crippen molar-refractivity contribution in [2.75, 3.05) is 16.4 Å². The normalized spacial score (nSPS) is 27.3. The van der Waals surface area contributed by atoms with Crippen molar-refractivity contribution in [3.05, 3.63) is 28.8 Å². The van der Waals surface area contributed by atoms with E-state index in [1.165, 1.54) is 11.0 Å². The minimum atomic E-state index is -4.61. The van der Waals surface area contributed by atoms with Gasteiger partial charge in [0, 0.05) is 10.9 Å². The first-order valence-electron chi connectivity index (χ1n) is 6.20. The molecule has 0 bridgehead atoms. The van der Waals surface area contributed by atoms with Crippen molar-refractivity contribution in [3.8, 4) is 0 Å². The van der Waals surface area contributed by atoms with Gasteiger partial charge in [-0.3, -0.25) is 5.41 Å². The Morgan fingerprint density at radius 1 is 1.32 bits per heavy atom. The number of halogens is 4. The fourth-order valence-electron chi connectivity index (χ4n) is 2.69. The number of thioether (sulfide) groups is 1. The van der Waals surface area contributed by atoms with Gasteiger partial charge < -0.3 is 4.90 Å². The van der Waals surface area contributed by atoms with E-state index in [4.69, 9.17) is 17.0 Å². The molecule has 0 radical (unpaired) electrons. The van der Waals surface area contributed by atoms with Gasteiger partial charge in [0.05, 0.1) is 28.1 Å². The SMILES string of the molecule is N=C1S[C@@H]2CS(=O)(=O)C[C@H]2N1c1ccc(Cl)c(C(F)(F)F)c1. The molecule has 1 aromatic carbocycles. The van der Waals surface area contributed by atoms with Gasteiger partial charge in [-0.2, -0.15) is 13.2 Å². The molecule has 22 heavy (non-hydrogen) atoms. The van der Waals surface area contributed by atoms with Crippen LogP contribution >= 0.6 is 23.4 Å². The highest BCUT2D eigenvalue weighted by atomic mass is 35.5. The molecule has 4 nitrogen and oxygen atoms in total. The van der Waals surface area contributed by atoms with Crippen LogP contribution in [-0.2, 0) is 16.0 Å². The molecule has 2 atom stereocenters. The Bertz CT molecular complexity index is 751. The first kappa shape index (κ1) is 15.9. The Labute approximate surface area is 134 Å². The van der Waals surface area contributed by atoms with Crippen molar-refractivity contribution in [2.45, 2.75) is 17.5 Å². The maximum atomic E-state index is 12.9. The molecule has 2 heterocycles. The number of alkyl halides is 3. The highest BCUT2D eigenvalue weighted by molar-refractivity contribution is 8.15. The third-order valence-electron chi connectivity index (χ3n) is 3.62. The Balaban J connectivity index is 2.02. The van der Waals surface area contributed by atoms with Gasteiger partial charge in [0.2, 0.25) is 0 Å². The first-order valence-corrected chi connectivity index (χ1v) is 9.28. The molecule has 0 amide bonds. The molecule has 2 saturated heterocycles. The molecule has 2 fully saturated rings. The van der Waals surface area contributed by atoms with Gasteiger partial charge in [-0.25, -0.2) is 8.42 Å². The van der Waals surface area contributed by atoms with Gasteiger partial charge in [0.25, 0.3) is 0 Å². The number of anilines is 1. The van der Waals surface area contributed by atoms with Crippen LogP contribution in [-0.4, -0.2) is 36.4 Å². The van der Waals surface area contributed by atoms with Crippen LogP contribution in [0.4, 0.5) is 18.9 Å². The maximum absolute atomic E-state index is 12.9. The van der Waals surface area contributed by atoms with Crippen molar-refractivity contribution >= 4 is 44.1 Å². The van der Waals surface area contributed by atoms with E-state index in [1.807, 2.05) is 0 Å². The zero-order chi connectivity index (χ0) is 16.3. The van der Waals surface area contributed by atoms with Crippen LogP contribution in [0.3, 0.4) is 0 Å². The number of benzene rings is 1. The van der Waals surface area contributed by atoms with Crippen LogP contribution in [0.1, 0.15) is 5.56 Å². The van der Waals surface area contributed by atoms with E-state index in [9.17, 15) is 21.6 Å². The van der Waals surface area contributed by atoms with Gasteiger partial charge >= 0.3 is 6.18 Å². The molecule has 0 unspecified atom stereocenters. The van der Waals surface area contributed by atoms with Gasteiger partial charge in [-0.15, -0.1) is 0 Å². The zero-order valence-electron chi connectivity index (χ0n) is 10.9. The quantitative estimate of drug-likeness (QED) is 0.825. The molecule has 10 heteroatoms. The highest BCUT2D eigenvalue weighted by Crippen LogP contribution is 2.43. The highest BCUT2D eigenvalue weighted by Gasteiger charge is 2.49. The monoisotopic (exact) mass is 370 g/mol. The second-order valence-corrected chi connectivity index (χ2v) is 8.93. The summed E-state index contributed by atoms with van der Waals surface area (Å²) in [6.45, 7) is 0. The van der Waals surface area contributed by atoms with Crippen LogP contribution in [0, 0.1) is 5.41 Å². The number of fused-ring (bicyclic) bond motifs is 1. The lowest BCUT2D eigenvalue weighted by Gasteiger charge is -2.25. The fourth-order valence-corrected chi connectivity index (χ4v) is 6.71. The molecular weight excluding hydrogens is 361 g/mol. The number of amidine groups is 1. The molecule has 1 N–H and O–H groups in total. The molecule has 0 spiro atoms. The topological polar surface area (TPSA) is 61.2 Å². The molecule has 3 rings (SSSR count). The maximum Gasteiger partial charge on any atom is 0.417 e. The number of rotatable bonds is 1. The lowest BCUT2D eigenvalue weighted by atomic mass is 10.1. The third-order valence-corrected chi connectivity index (χ3v) is 7.08. The van der Waals surface area contributed by atoms with Crippen molar-refractivity contribution in [1.29, 1.82) is 5.41 Å². The largest absolute Gasteiger partial charge is 0.417 e. The summed E-state index contributed by atoms with van der Waals surface area (Å²) in [6, 6.07) is 2.85. The average Bonchev–Trinajstić information content (AvgIpc) is 2.79. The van der Waals surface area contributed by atoms with E-state index in [0.29, 0.717) is 0 Å². The van der Waals surface area contributed by atoms with E-state index >= 15 is 0 Å². The fraction of sp³-hybridized carbons (Fsp3) is 0.417. The van der Waals surface area contributed by atoms with Gasteiger partial charge in [0.15, 0.2) is 15.0 Å². The summed E-state index contributed by atoms with van der Waals surface area (Å²) < 4.78 is 62.2. The summed E-state index contributed by atoms with van der Waals surface area (Å²) in [5, 5.41) is 7.24. The number of sulfone groups is 1. The summed E-state index contributed by atoms with van der Waals surface area (Å²) in [4.78, 5) is 1.35. The third kappa shape index (κ3) is 2.69. The van der Waals surface area contributed by atoms with E-state index in [2.05, 4.69) is 0 Å². The van der Waals surface area contributed by atoms with Crippen molar-refractivity contribution in [2.24, 2.45) is 0 Å². The molecule has 0 aromatic heterocycles. The summed E-state index contributed by atoms with van der Waals surface area (Å²) in [6.07, 6.45) is -4.61. The van der Waals surface area contributed by atoms with Gasteiger partial charge in [-0.1, -0.05) is 23.4 Å². The number of hydrogen-bond acceptors (Lipinski definition) is 4. The lowest BCUT2D eigenvalue weighted by Crippen LogP contribution is -2.37. The summed E-state index contributed by atoms with van der Waals surface area (Å²) >= 11 is 6.66. The van der Waals surface area contributed by atoms with Crippen molar-refractivity contribution < 1.29 is 21.6 Å². The van der Waals surface area contributed by atoms with Crippen LogP contribution in [0.25, 0.3) is 0 Å². The van der Waals surface area contributed by atoms with Gasteiger partial charge in [0.1, 0.15) is 0 Å². The van der Waals surface area contributed by atoms with E-state index < -0.39 is 32.6 Å². The number of nitrogens with zero attached hydrogens (tertiary/aromatic N) is 1. The Morgan fingerprint density at radius 2 is 2.00 bits per heavy atom. The van der Waals surface area contributed by atoms with Crippen LogP contribution in [0.5, 0.6) is 0 Å². The smallest absolute Gasteiger partial charge is 0.316 e. The minimum absolute atomic E-state index is 0.0546. The first-order chi connectivity index (χ1) is 10.1. The summed E-state index contributed by atoms with van der Waals surface area (Å²) in [7, 11) is -3.22. The van der Waals surface area contributed by atoms with Crippen molar-refractivity contribution in [1.82, 2.24) is 0 Å². The molecule has 0 saturated carbocycles. The molecule has 2 aliphatic rings.